The van der Waals surface area contributed by atoms with Gasteiger partial charge in [0.05, 0.1) is 35.7 Å². The third kappa shape index (κ3) is 4.37. The maximum absolute atomic E-state index is 12.8. The van der Waals surface area contributed by atoms with Crippen molar-refractivity contribution in [3.8, 4) is 0 Å². The van der Waals surface area contributed by atoms with Crippen molar-refractivity contribution in [3.05, 3.63) is 62.5 Å². The molecule has 9 heteroatoms. The van der Waals surface area contributed by atoms with Gasteiger partial charge in [0.15, 0.2) is 0 Å². The van der Waals surface area contributed by atoms with Gasteiger partial charge in [-0.1, -0.05) is 12.1 Å². The summed E-state index contributed by atoms with van der Waals surface area (Å²) in [4.78, 5) is 35.9. The van der Waals surface area contributed by atoms with Crippen LogP contribution in [-0.2, 0) is 19.1 Å². The number of methoxy groups -OCH3 is 1. The first-order valence-electron chi connectivity index (χ1n) is 8.70. The Labute approximate surface area is 162 Å². The molecule has 0 amide bonds. The Hall–Kier alpha value is -3.20. The summed E-state index contributed by atoms with van der Waals surface area (Å²) in [6.45, 7) is 3.85. The number of carbonyl (C=O) groups excluding carboxylic acids is 2. The van der Waals surface area contributed by atoms with Gasteiger partial charge in [0.25, 0.3) is 5.69 Å². The molecular formula is C19H23N3O6. The van der Waals surface area contributed by atoms with Crippen LogP contribution >= 0.6 is 0 Å². The second-order valence-corrected chi connectivity index (χ2v) is 6.26. The maximum atomic E-state index is 12.8. The molecule has 9 nitrogen and oxygen atoms in total. The van der Waals surface area contributed by atoms with Crippen LogP contribution in [0.15, 0.2) is 46.8 Å². The van der Waals surface area contributed by atoms with Crippen LogP contribution in [0.4, 0.5) is 5.69 Å². The van der Waals surface area contributed by atoms with Crippen LogP contribution < -0.4 is 11.1 Å². The average Bonchev–Trinajstić information content (AvgIpc) is 2.67. The molecule has 0 aromatic heterocycles. The summed E-state index contributed by atoms with van der Waals surface area (Å²) in [7, 11) is 1.23. The van der Waals surface area contributed by atoms with Gasteiger partial charge in [0.1, 0.15) is 0 Å². The van der Waals surface area contributed by atoms with Crippen LogP contribution in [0, 0.1) is 10.1 Å². The maximum Gasteiger partial charge on any atom is 0.336 e. The number of rotatable bonds is 7. The molecular weight excluding hydrogens is 366 g/mol. The third-order valence-corrected chi connectivity index (χ3v) is 4.38. The molecule has 3 N–H and O–H groups in total. The van der Waals surface area contributed by atoms with Gasteiger partial charge in [-0.2, -0.15) is 0 Å². The predicted octanol–water partition coefficient (Wildman–Crippen LogP) is 1.89. The largest absolute Gasteiger partial charge is 0.466 e. The minimum Gasteiger partial charge on any atom is -0.466 e. The highest BCUT2D eigenvalue weighted by Crippen LogP contribution is 2.40. The van der Waals surface area contributed by atoms with Crippen LogP contribution in [0.5, 0.6) is 0 Å². The van der Waals surface area contributed by atoms with Gasteiger partial charge >= 0.3 is 11.9 Å². The molecule has 0 bridgehead atoms. The van der Waals surface area contributed by atoms with E-state index >= 15 is 0 Å². The molecule has 1 aromatic carbocycles. The highest BCUT2D eigenvalue weighted by molar-refractivity contribution is 5.99. The monoisotopic (exact) mass is 389 g/mol. The number of nitrogens with two attached hydrogens (primary N) is 1. The van der Waals surface area contributed by atoms with E-state index in [0.29, 0.717) is 29.9 Å². The number of esters is 2. The van der Waals surface area contributed by atoms with Gasteiger partial charge in [0, 0.05) is 23.5 Å². The molecule has 1 heterocycles. The molecule has 0 saturated carbocycles. The van der Waals surface area contributed by atoms with E-state index in [9.17, 15) is 19.7 Å². The lowest BCUT2D eigenvalue weighted by Gasteiger charge is -2.30. The van der Waals surface area contributed by atoms with Crippen LogP contribution in [0.25, 0.3) is 0 Å². The highest BCUT2D eigenvalue weighted by Gasteiger charge is 2.38. The first kappa shape index (κ1) is 21.1. The van der Waals surface area contributed by atoms with E-state index in [1.165, 1.54) is 25.3 Å². The van der Waals surface area contributed by atoms with Gasteiger partial charge in [-0.15, -0.1) is 0 Å². The number of nitrogens with zero attached hydrogens (tertiary/aromatic N) is 1. The molecule has 150 valence electrons. The first-order valence-corrected chi connectivity index (χ1v) is 8.70. The number of nitro benzene ring substituents is 1. The van der Waals surface area contributed by atoms with Crippen molar-refractivity contribution in [2.24, 2.45) is 5.73 Å². The zero-order valence-corrected chi connectivity index (χ0v) is 16.0. The van der Waals surface area contributed by atoms with Gasteiger partial charge in [-0.05, 0) is 32.4 Å². The molecule has 1 aliphatic rings. The van der Waals surface area contributed by atoms with Crippen molar-refractivity contribution in [2.75, 3.05) is 20.3 Å². The third-order valence-electron chi connectivity index (χ3n) is 4.38. The molecule has 0 radical (unpaired) electrons. The molecule has 1 aromatic rings. The van der Waals surface area contributed by atoms with Crippen LogP contribution in [-0.4, -0.2) is 37.1 Å². The molecule has 0 saturated heterocycles. The Morgan fingerprint density at radius 3 is 2.43 bits per heavy atom. The molecule has 1 unspecified atom stereocenters. The van der Waals surface area contributed by atoms with Crippen LogP contribution in [0.3, 0.4) is 0 Å². The molecule has 0 spiro atoms. The number of hydrogen-bond donors (Lipinski definition) is 2. The molecule has 1 atom stereocenters. The average molecular weight is 389 g/mol. The molecule has 1 aliphatic heterocycles. The lowest BCUT2D eigenvalue weighted by atomic mass is 9.80. The number of ether oxygens (including phenoxy) is 2. The summed E-state index contributed by atoms with van der Waals surface area (Å²) in [6, 6.07) is 5.81. The normalized spacial score (nSPS) is 16.5. The topological polar surface area (TPSA) is 134 Å². The summed E-state index contributed by atoms with van der Waals surface area (Å²) < 4.78 is 10.2. The van der Waals surface area contributed by atoms with Crippen molar-refractivity contribution in [2.45, 2.75) is 26.2 Å². The zero-order chi connectivity index (χ0) is 20.8. The van der Waals surface area contributed by atoms with E-state index in [2.05, 4.69) is 5.32 Å². The molecule has 2 rings (SSSR count). The van der Waals surface area contributed by atoms with Gasteiger partial charge in [-0.25, -0.2) is 9.59 Å². The van der Waals surface area contributed by atoms with Crippen molar-refractivity contribution < 1.29 is 24.0 Å². The summed E-state index contributed by atoms with van der Waals surface area (Å²) in [5.74, 6) is -2.12. The second kappa shape index (κ2) is 9.14. The van der Waals surface area contributed by atoms with Crippen molar-refractivity contribution in [1.82, 2.24) is 5.32 Å². The highest BCUT2D eigenvalue weighted by atomic mass is 16.6. The number of allylic oxidation sites excluding steroid dienone is 2. The van der Waals surface area contributed by atoms with Crippen molar-refractivity contribution >= 4 is 17.6 Å². The molecule has 0 aliphatic carbocycles. The van der Waals surface area contributed by atoms with E-state index in [-0.39, 0.29) is 23.4 Å². The summed E-state index contributed by atoms with van der Waals surface area (Å²) in [5.41, 5.74) is 7.09. The molecule has 28 heavy (non-hydrogen) atoms. The fourth-order valence-electron chi connectivity index (χ4n) is 3.12. The number of carbonyl (C=O) groups is 2. The van der Waals surface area contributed by atoms with Crippen LogP contribution in [0.1, 0.15) is 31.7 Å². The van der Waals surface area contributed by atoms with Gasteiger partial charge < -0.3 is 20.5 Å². The Kier molecular flexibility index (Phi) is 6.89. The minimum absolute atomic E-state index is 0.129. The summed E-state index contributed by atoms with van der Waals surface area (Å²) in [6.07, 6.45) is 0.492. The summed E-state index contributed by atoms with van der Waals surface area (Å²) in [5, 5.41) is 14.2. The van der Waals surface area contributed by atoms with E-state index in [4.69, 9.17) is 15.2 Å². The Balaban J connectivity index is 2.60. The van der Waals surface area contributed by atoms with Crippen molar-refractivity contribution in [3.63, 3.8) is 0 Å². The number of hydrogen-bond acceptors (Lipinski definition) is 8. The Morgan fingerprint density at radius 1 is 1.21 bits per heavy atom. The summed E-state index contributed by atoms with van der Waals surface area (Å²) >= 11 is 0. The molecule has 0 fully saturated rings. The number of non-ortho nitro benzene ring substituents is 1. The van der Waals surface area contributed by atoms with E-state index in [1.54, 1.807) is 19.9 Å². The van der Waals surface area contributed by atoms with E-state index in [0.717, 1.165) is 0 Å². The fraction of sp³-hybridized carbons (Fsp3) is 0.368. The number of dihydropyridines is 1. The smallest absolute Gasteiger partial charge is 0.336 e. The second-order valence-electron chi connectivity index (χ2n) is 6.26. The van der Waals surface area contributed by atoms with Gasteiger partial charge in [0.2, 0.25) is 0 Å². The first-order chi connectivity index (χ1) is 13.3. The van der Waals surface area contributed by atoms with E-state index < -0.39 is 22.8 Å². The fourth-order valence-corrected chi connectivity index (χ4v) is 3.12. The van der Waals surface area contributed by atoms with Crippen molar-refractivity contribution in [1.29, 1.82) is 0 Å². The quantitative estimate of drug-likeness (QED) is 0.312. The number of benzene rings is 1. The SMILES string of the molecule is COC(=O)C1=C(C)NC(C)=C(C(=O)OCCCN)C1c1cccc([N+](=O)[O-])c1. The zero-order valence-electron chi connectivity index (χ0n) is 16.0. The minimum atomic E-state index is -0.862. The lowest BCUT2D eigenvalue weighted by molar-refractivity contribution is -0.384. The van der Waals surface area contributed by atoms with Gasteiger partial charge in [-0.3, -0.25) is 10.1 Å². The Bertz CT molecular complexity index is 859. The number of nitro groups is 1. The Morgan fingerprint density at radius 2 is 1.86 bits per heavy atom. The predicted molar refractivity (Wildman–Crippen MR) is 101 cm³/mol. The number of nitrogens with one attached hydrogen (secondary N) is 1. The van der Waals surface area contributed by atoms with Crippen LogP contribution in [0.2, 0.25) is 0 Å². The lowest BCUT2D eigenvalue weighted by Crippen LogP contribution is -2.32. The standard InChI is InChI=1S/C19H23N3O6/c1-11-15(18(23)27-3)17(13-6-4-7-14(10-13)22(25)26)16(12(2)21-11)19(24)28-9-5-8-20/h4,6-7,10,17,21H,5,8-9,20H2,1-3H3. The van der Waals surface area contributed by atoms with E-state index in [1.807, 2.05) is 0 Å².